The van der Waals surface area contributed by atoms with Gasteiger partial charge in [-0.15, -0.1) is 0 Å². The van der Waals surface area contributed by atoms with Crippen LogP contribution in [0, 0.1) is 17.7 Å². The van der Waals surface area contributed by atoms with Gasteiger partial charge in [0.2, 0.25) is 5.91 Å². The second kappa shape index (κ2) is 11.9. The van der Waals surface area contributed by atoms with E-state index in [1.807, 2.05) is 12.1 Å². The standard InChI is InChI=1S/C25H41FN4O/c1-4-28-14-11-22(12-15-28)25(31)30(17-16-27(2)3)19-21-8-7-13-29(18-21)20-23-9-5-6-10-24(23)26/h5-6,9-10,21-22H,4,7-8,11-20H2,1-3H3/t21-/m1/s1. The van der Waals surface area contributed by atoms with Crippen LogP contribution >= 0.6 is 0 Å². The average molecular weight is 433 g/mol. The van der Waals surface area contributed by atoms with E-state index in [0.29, 0.717) is 18.4 Å². The molecule has 174 valence electrons. The van der Waals surface area contributed by atoms with Gasteiger partial charge in [0, 0.05) is 44.2 Å². The van der Waals surface area contributed by atoms with Gasteiger partial charge in [-0.1, -0.05) is 25.1 Å². The molecule has 2 heterocycles. The van der Waals surface area contributed by atoms with Crippen molar-refractivity contribution in [1.29, 1.82) is 0 Å². The van der Waals surface area contributed by atoms with Crippen LogP contribution in [0.25, 0.3) is 0 Å². The zero-order chi connectivity index (χ0) is 22.2. The van der Waals surface area contributed by atoms with E-state index in [-0.39, 0.29) is 11.7 Å². The molecule has 3 rings (SSSR count). The average Bonchev–Trinajstić information content (AvgIpc) is 2.78. The largest absolute Gasteiger partial charge is 0.341 e. The van der Waals surface area contributed by atoms with E-state index in [2.05, 4.69) is 40.6 Å². The smallest absolute Gasteiger partial charge is 0.225 e. The van der Waals surface area contributed by atoms with Crippen molar-refractivity contribution in [3.05, 3.63) is 35.6 Å². The summed E-state index contributed by atoms with van der Waals surface area (Å²) in [6, 6.07) is 7.08. The van der Waals surface area contributed by atoms with Crippen molar-refractivity contribution in [2.45, 2.75) is 39.2 Å². The number of amides is 1. The Balaban J connectivity index is 1.59. The number of nitrogens with zero attached hydrogens (tertiary/aromatic N) is 4. The van der Waals surface area contributed by atoms with Gasteiger partial charge in [-0.3, -0.25) is 9.69 Å². The van der Waals surface area contributed by atoms with Gasteiger partial charge in [0.1, 0.15) is 5.82 Å². The topological polar surface area (TPSA) is 30.0 Å². The molecule has 31 heavy (non-hydrogen) atoms. The highest BCUT2D eigenvalue weighted by atomic mass is 19.1. The summed E-state index contributed by atoms with van der Waals surface area (Å²) in [7, 11) is 4.14. The van der Waals surface area contributed by atoms with Crippen molar-refractivity contribution in [2.75, 3.05) is 66.5 Å². The number of piperidine rings is 2. The molecule has 2 fully saturated rings. The quantitative estimate of drug-likeness (QED) is 0.600. The molecule has 0 unspecified atom stereocenters. The van der Waals surface area contributed by atoms with Gasteiger partial charge < -0.3 is 14.7 Å². The molecule has 2 saturated heterocycles. The highest BCUT2D eigenvalue weighted by Crippen LogP contribution is 2.24. The second-order valence-corrected chi connectivity index (χ2v) is 9.63. The molecule has 0 bridgehead atoms. The monoisotopic (exact) mass is 432 g/mol. The Morgan fingerprint density at radius 2 is 1.81 bits per heavy atom. The van der Waals surface area contributed by atoms with E-state index in [1.165, 1.54) is 0 Å². The summed E-state index contributed by atoms with van der Waals surface area (Å²) in [5.41, 5.74) is 0.770. The van der Waals surface area contributed by atoms with Crippen molar-refractivity contribution in [2.24, 2.45) is 11.8 Å². The van der Waals surface area contributed by atoms with Gasteiger partial charge >= 0.3 is 0 Å². The molecule has 5 nitrogen and oxygen atoms in total. The molecule has 0 saturated carbocycles. The molecule has 0 aromatic heterocycles. The lowest BCUT2D eigenvalue weighted by Crippen LogP contribution is -2.48. The van der Waals surface area contributed by atoms with E-state index in [4.69, 9.17) is 0 Å². The summed E-state index contributed by atoms with van der Waals surface area (Å²) in [6.07, 6.45) is 4.22. The third-order valence-electron chi connectivity index (χ3n) is 6.95. The maximum absolute atomic E-state index is 14.1. The van der Waals surface area contributed by atoms with E-state index >= 15 is 0 Å². The van der Waals surface area contributed by atoms with Crippen LogP contribution < -0.4 is 0 Å². The van der Waals surface area contributed by atoms with Gasteiger partial charge in [0.05, 0.1) is 0 Å². The highest BCUT2D eigenvalue weighted by molar-refractivity contribution is 5.79. The number of rotatable bonds is 9. The van der Waals surface area contributed by atoms with Gasteiger partial charge in [-0.2, -0.15) is 0 Å². The first-order valence-corrected chi connectivity index (χ1v) is 12.1. The minimum Gasteiger partial charge on any atom is -0.341 e. The number of halogens is 1. The van der Waals surface area contributed by atoms with Gasteiger partial charge in [-0.05, 0) is 77.9 Å². The number of carbonyl (C=O) groups excluding carboxylic acids is 1. The Bertz CT molecular complexity index is 690. The zero-order valence-corrected chi connectivity index (χ0v) is 19.7. The summed E-state index contributed by atoms with van der Waals surface area (Å²) < 4.78 is 14.1. The molecule has 1 aromatic carbocycles. The highest BCUT2D eigenvalue weighted by Gasteiger charge is 2.30. The fraction of sp³-hybridized carbons (Fsp3) is 0.720. The maximum atomic E-state index is 14.1. The number of hydrogen-bond acceptors (Lipinski definition) is 4. The Morgan fingerprint density at radius 3 is 2.48 bits per heavy atom. The number of likely N-dealkylation sites (N-methyl/N-ethyl adjacent to an activating group) is 1. The predicted octanol–water partition coefficient (Wildman–Crippen LogP) is 3.16. The first-order valence-electron chi connectivity index (χ1n) is 12.1. The normalized spacial score (nSPS) is 21.5. The number of hydrogen-bond donors (Lipinski definition) is 0. The van der Waals surface area contributed by atoms with E-state index in [0.717, 1.165) is 83.6 Å². The van der Waals surface area contributed by atoms with Crippen LogP contribution in [-0.2, 0) is 11.3 Å². The molecule has 0 N–H and O–H groups in total. The molecule has 2 aliphatic heterocycles. The fourth-order valence-corrected chi connectivity index (χ4v) is 4.99. The van der Waals surface area contributed by atoms with Gasteiger partial charge in [0.15, 0.2) is 0 Å². The molecule has 0 radical (unpaired) electrons. The second-order valence-electron chi connectivity index (χ2n) is 9.63. The molecule has 2 aliphatic rings. The van der Waals surface area contributed by atoms with E-state index in [9.17, 15) is 9.18 Å². The molecule has 1 aromatic rings. The van der Waals surface area contributed by atoms with Crippen molar-refractivity contribution in [3.63, 3.8) is 0 Å². The molecule has 0 aliphatic carbocycles. The molecule has 6 heteroatoms. The Labute approximate surface area is 188 Å². The van der Waals surface area contributed by atoms with Crippen LogP contribution in [0.2, 0.25) is 0 Å². The first-order chi connectivity index (χ1) is 15.0. The predicted molar refractivity (Wildman–Crippen MR) is 124 cm³/mol. The van der Waals surface area contributed by atoms with Crippen molar-refractivity contribution in [3.8, 4) is 0 Å². The number of benzene rings is 1. The van der Waals surface area contributed by atoms with E-state index in [1.54, 1.807) is 12.1 Å². The van der Waals surface area contributed by atoms with Crippen LogP contribution in [0.1, 0.15) is 38.2 Å². The zero-order valence-electron chi connectivity index (χ0n) is 19.7. The summed E-state index contributed by atoms with van der Waals surface area (Å²) >= 11 is 0. The Kier molecular flexibility index (Phi) is 9.30. The molecule has 1 amide bonds. The third-order valence-corrected chi connectivity index (χ3v) is 6.95. The van der Waals surface area contributed by atoms with Crippen molar-refractivity contribution < 1.29 is 9.18 Å². The summed E-state index contributed by atoms with van der Waals surface area (Å²) in [5.74, 6) is 0.861. The summed E-state index contributed by atoms with van der Waals surface area (Å²) in [5, 5.41) is 0. The fourth-order valence-electron chi connectivity index (χ4n) is 4.99. The lowest BCUT2D eigenvalue weighted by atomic mass is 9.93. The number of likely N-dealkylation sites (tertiary alicyclic amines) is 2. The van der Waals surface area contributed by atoms with Crippen LogP contribution in [-0.4, -0.2) is 92.0 Å². The Morgan fingerprint density at radius 1 is 1.06 bits per heavy atom. The maximum Gasteiger partial charge on any atom is 0.225 e. The lowest BCUT2D eigenvalue weighted by Gasteiger charge is -2.38. The molecular weight excluding hydrogens is 391 g/mol. The SMILES string of the molecule is CCN1CCC(C(=O)N(CCN(C)C)C[C@@H]2CCCN(Cc3ccccc3F)C2)CC1. The summed E-state index contributed by atoms with van der Waals surface area (Å²) in [6.45, 7) is 10.5. The van der Waals surface area contributed by atoms with Crippen molar-refractivity contribution >= 4 is 5.91 Å². The minimum atomic E-state index is -0.120. The van der Waals surface area contributed by atoms with Gasteiger partial charge in [0.25, 0.3) is 0 Å². The third kappa shape index (κ3) is 7.26. The molecule has 1 atom stereocenters. The Hall–Kier alpha value is -1.50. The van der Waals surface area contributed by atoms with Crippen LogP contribution in [0.5, 0.6) is 0 Å². The van der Waals surface area contributed by atoms with Crippen LogP contribution in [0.15, 0.2) is 24.3 Å². The van der Waals surface area contributed by atoms with Gasteiger partial charge in [-0.25, -0.2) is 4.39 Å². The molecule has 0 spiro atoms. The lowest BCUT2D eigenvalue weighted by molar-refractivity contribution is -0.138. The van der Waals surface area contributed by atoms with Crippen LogP contribution in [0.4, 0.5) is 4.39 Å². The van der Waals surface area contributed by atoms with E-state index < -0.39 is 0 Å². The summed E-state index contributed by atoms with van der Waals surface area (Å²) in [4.78, 5) is 22.5. The van der Waals surface area contributed by atoms with Crippen LogP contribution in [0.3, 0.4) is 0 Å². The van der Waals surface area contributed by atoms with Crippen molar-refractivity contribution in [1.82, 2.24) is 19.6 Å². The first kappa shape index (κ1) is 24.1. The number of carbonyl (C=O) groups is 1. The minimum absolute atomic E-state index is 0.120. The molecular formula is C25H41FN4O.